The lowest BCUT2D eigenvalue weighted by molar-refractivity contribution is 0.0769. The van der Waals surface area contributed by atoms with Gasteiger partial charge in [-0.25, -0.2) is 9.37 Å². The number of aryl methyl sites for hydroxylation is 1. The smallest absolute Gasteiger partial charge is 0.273 e. The molecule has 3 aromatic carbocycles. The lowest BCUT2D eigenvalue weighted by Gasteiger charge is -2.17. The summed E-state index contributed by atoms with van der Waals surface area (Å²) in [6.07, 6.45) is 4.12. The van der Waals surface area contributed by atoms with E-state index in [9.17, 15) is 9.18 Å². The van der Waals surface area contributed by atoms with Crippen molar-refractivity contribution in [1.29, 1.82) is 10.7 Å². The number of carbonyl (C=O) groups excluding carboxylic acids is 1. The number of nitriles is 1. The van der Waals surface area contributed by atoms with Crippen molar-refractivity contribution in [1.82, 2.24) is 9.88 Å². The minimum Gasteiger partial charge on any atom is -0.355 e. The van der Waals surface area contributed by atoms with E-state index in [2.05, 4.69) is 10.3 Å². The van der Waals surface area contributed by atoms with Gasteiger partial charge in [-0.2, -0.15) is 5.26 Å². The molecule has 2 aliphatic rings. The van der Waals surface area contributed by atoms with E-state index in [1.54, 1.807) is 30.5 Å². The van der Waals surface area contributed by atoms with E-state index in [0.717, 1.165) is 35.6 Å². The highest BCUT2D eigenvalue weighted by Gasteiger charge is 2.47. The molecule has 39 heavy (non-hydrogen) atoms. The number of anilines is 2. The average molecular weight is 520 g/mol. The number of hydrogen-bond donors (Lipinski definition) is 2. The third-order valence-electron chi connectivity index (χ3n) is 6.55. The van der Waals surface area contributed by atoms with Gasteiger partial charge in [-0.05, 0) is 73.2 Å². The number of halogens is 1. The molecule has 7 heteroatoms. The van der Waals surface area contributed by atoms with Crippen LogP contribution in [0.1, 0.15) is 33.6 Å². The Morgan fingerprint density at radius 1 is 1.03 bits per heavy atom. The molecule has 2 heterocycles. The van der Waals surface area contributed by atoms with Crippen LogP contribution in [0.4, 0.5) is 15.8 Å². The predicted molar refractivity (Wildman–Crippen MR) is 152 cm³/mol. The Morgan fingerprint density at radius 2 is 1.67 bits per heavy atom. The van der Waals surface area contributed by atoms with Crippen molar-refractivity contribution >= 4 is 23.5 Å². The van der Waals surface area contributed by atoms with Gasteiger partial charge in [-0.15, -0.1) is 0 Å². The molecule has 1 saturated heterocycles. The van der Waals surface area contributed by atoms with Gasteiger partial charge in [0.1, 0.15) is 17.6 Å². The second-order valence-corrected chi connectivity index (χ2v) is 9.50. The molecule has 1 aliphatic heterocycles. The monoisotopic (exact) mass is 519 g/mol. The van der Waals surface area contributed by atoms with Crippen LogP contribution in [0.2, 0.25) is 0 Å². The number of fused-ring (bicyclic) bond motifs is 1. The molecule has 1 aromatic heterocycles. The first-order chi connectivity index (χ1) is 19.0. The molecule has 196 valence electrons. The zero-order chi connectivity index (χ0) is 27.6. The first-order valence-corrected chi connectivity index (χ1v) is 12.8. The van der Waals surface area contributed by atoms with Gasteiger partial charge in [0.05, 0.1) is 5.56 Å². The first-order valence-electron chi connectivity index (χ1n) is 12.8. The van der Waals surface area contributed by atoms with Crippen molar-refractivity contribution in [3.05, 3.63) is 125 Å². The topological polar surface area (TPSA) is 92.9 Å². The minimum absolute atomic E-state index is 0.0932. The summed E-state index contributed by atoms with van der Waals surface area (Å²) in [7, 11) is 0. The standard InChI is InChI=1S/C14H13FN2.C12H11N3O.C6H6/c1-10-2-3-11(9-16)14(8-10)17-13-6-4-12(15)5-7-13;13-5-8-2-1-3-14-11(8)12(16)15-6-9-4-10(9)7-15;1-2-4-6-5-3-1/h2-9,16-17H,1H3;1-3,9-10H,4,6-7H2;1-6H. The Bertz CT molecular complexity index is 1410. The van der Waals surface area contributed by atoms with Gasteiger partial charge < -0.3 is 15.6 Å². The van der Waals surface area contributed by atoms with Crippen LogP contribution in [0.3, 0.4) is 0 Å². The van der Waals surface area contributed by atoms with E-state index in [4.69, 9.17) is 10.7 Å². The fraction of sp³-hybridized carbons (Fsp3) is 0.188. The lowest BCUT2D eigenvalue weighted by Crippen LogP contribution is -2.31. The maximum absolute atomic E-state index is 12.8. The molecule has 0 bridgehead atoms. The van der Waals surface area contributed by atoms with Crippen LogP contribution in [0.25, 0.3) is 0 Å². The van der Waals surface area contributed by atoms with Crippen molar-refractivity contribution < 1.29 is 9.18 Å². The van der Waals surface area contributed by atoms with Crippen LogP contribution in [0.15, 0.2) is 97.2 Å². The highest BCUT2D eigenvalue weighted by atomic mass is 19.1. The minimum atomic E-state index is -0.257. The van der Waals surface area contributed by atoms with Crippen LogP contribution in [-0.2, 0) is 0 Å². The summed E-state index contributed by atoms with van der Waals surface area (Å²) in [5, 5.41) is 19.4. The van der Waals surface area contributed by atoms with E-state index in [-0.39, 0.29) is 11.7 Å². The van der Waals surface area contributed by atoms with E-state index < -0.39 is 0 Å². The van der Waals surface area contributed by atoms with Gasteiger partial charge in [0, 0.05) is 42.4 Å². The lowest BCUT2D eigenvalue weighted by atomic mass is 10.1. The molecule has 2 unspecified atom stereocenters. The summed E-state index contributed by atoms with van der Waals surface area (Å²) in [6, 6.07) is 29.3. The van der Waals surface area contributed by atoms with Crippen LogP contribution in [-0.4, -0.2) is 35.1 Å². The van der Waals surface area contributed by atoms with Crippen molar-refractivity contribution in [2.45, 2.75) is 13.3 Å². The molecule has 1 aliphatic carbocycles. The predicted octanol–water partition coefficient (Wildman–Crippen LogP) is 6.61. The van der Waals surface area contributed by atoms with E-state index in [1.807, 2.05) is 72.5 Å². The zero-order valence-electron chi connectivity index (χ0n) is 21.7. The maximum Gasteiger partial charge on any atom is 0.273 e. The third-order valence-corrected chi connectivity index (χ3v) is 6.55. The fourth-order valence-electron chi connectivity index (χ4n) is 4.36. The van der Waals surface area contributed by atoms with Gasteiger partial charge in [-0.1, -0.05) is 48.5 Å². The number of nitrogens with one attached hydrogen (secondary N) is 2. The molecule has 0 radical (unpaired) electrons. The number of hydrogen-bond acceptors (Lipinski definition) is 5. The summed E-state index contributed by atoms with van der Waals surface area (Å²) in [6.45, 7) is 3.67. The molecular formula is C32H30FN5O. The van der Waals surface area contributed by atoms with Gasteiger partial charge in [0.15, 0.2) is 0 Å². The Morgan fingerprint density at radius 3 is 2.26 bits per heavy atom. The zero-order valence-corrected chi connectivity index (χ0v) is 21.7. The van der Waals surface area contributed by atoms with Crippen LogP contribution < -0.4 is 5.32 Å². The van der Waals surface area contributed by atoms with Crippen molar-refractivity contribution in [2.75, 3.05) is 18.4 Å². The highest BCUT2D eigenvalue weighted by Crippen LogP contribution is 2.45. The average Bonchev–Trinajstić information content (AvgIpc) is 3.59. The Kier molecular flexibility index (Phi) is 9.15. The number of carbonyl (C=O) groups is 1. The molecular weight excluding hydrogens is 489 g/mol. The Labute approximate surface area is 228 Å². The molecule has 2 N–H and O–H groups in total. The molecule has 2 atom stereocenters. The number of piperidine rings is 1. The second-order valence-electron chi connectivity index (χ2n) is 9.50. The summed E-state index contributed by atoms with van der Waals surface area (Å²) < 4.78 is 12.8. The Balaban J connectivity index is 0.000000150. The van der Waals surface area contributed by atoms with Crippen molar-refractivity contribution in [3.63, 3.8) is 0 Å². The van der Waals surface area contributed by atoms with Crippen LogP contribution >= 0.6 is 0 Å². The third kappa shape index (κ3) is 7.59. The normalized spacial score (nSPS) is 16.3. The van der Waals surface area contributed by atoms with Gasteiger partial charge in [0.2, 0.25) is 0 Å². The summed E-state index contributed by atoms with van der Waals surface area (Å²) >= 11 is 0. The number of benzene rings is 3. The number of amides is 1. The van der Waals surface area contributed by atoms with Gasteiger partial charge >= 0.3 is 0 Å². The highest BCUT2D eigenvalue weighted by molar-refractivity contribution is 5.95. The van der Waals surface area contributed by atoms with Crippen LogP contribution in [0.5, 0.6) is 0 Å². The van der Waals surface area contributed by atoms with Crippen molar-refractivity contribution in [2.24, 2.45) is 11.8 Å². The molecule has 1 saturated carbocycles. The summed E-state index contributed by atoms with van der Waals surface area (Å²) in [4.78, 5) is 17.9. The SMILES string of the molecule is Cc1ccc(C=N)c(Nc2ccc(F)cc2)c1.N#Cc1cccnc1C(=O)N1CC2CC2C1.c1ccccc1. The summed E-state index contributed by atoms with van der Waals surface area (Å²) in [5.74, 6) is 1.06. The second kappa shape index (κ2) is 13.1. The molecule has 4 aromatic rings. The number of aromatic nitrogens is 1. The molecule has 1 amide bonds. The summed E-state index contributed by atoms with van der Waals surface area (Å²) in [5.41, 5.74) is 4.24. The first kappa shape index (κ1) is 27.2. The molecule has 6 rings (SSSR count). The number of likely N-dealkylation sites (tertiary alicyclic amines) is 1. The molecule has 0 spiro atoms. The van der Waals surface area contributed by atoms with Gasteiger partial charge in [-0.3, -0.25) is 4.79 Å². The van der Waals surface area contributed by atoms with E-state index >= 15 is 0 Å². The number of nitrogens with zero attached hydrogens (tertiary/aromatic N) is 3. The quantitative estimate of drug-likeness (QED) is 0.297. The van der Waals surface area contributed by atoms with Crippen molar-refractivity contribution in [3.8, 4) is 6.07 Å². The largest absolute Gasteiger partial charge is 0.355 e. The maximum atomic E-state index is 12.8. The van der Waals surface area contributed by atoms with Gasteiger partial charge in [0.25, 0.3) is 5.91 Å². The van der Waals surface area contributed by atoms with E-state index in [0.29, 0.717) is 23.1 Å². The number of pyridine rings is 1. The van der Waals surface area contributed by atoms with Crippen LogP contribution in [0, 0.1) is 41.3 Å². The van der Waals surface area contributed by atoms with E-state index in [1.165, 1.54) is 24.8 Å². The molecule has 6 nitrogen and oxygen atoms in total. The molecule has 2 fully saturated rings. The number of rotatable bonds is 4. The Hall–Kier alpha value is -4.83. The fourth-order valence-corrected chi connectivity index (χ4v) is 4.36.